The van der Waals surface area contributed by atoms with E-state index in [1.807, 2.05) is 18.7 Å². The van der Waals surface area contributed by atoms with Crippen LogP contribution in [0.1, 0.15) is 68.8 Å². The maximum atomic E-state index is 13.2. The van der Waals surface area contributed by atoms with E-state index in [1.54, 1.807) is 0 Å². The number of aliphatic carboxylic acids is 1. The van der Waals surface area contributed by atoms with Gasteiger partial charge in [-0.3, -0.25) is 14.6 Å². The molecule has 2 radical (unpaired) electrons. The molecule has 46 heavy (non-hydrogen) atoms. The number of allylic oxidation sites excluding steroid dienone is 3. The second kappa shape index (κ2) is 20.2. The van der Waals surface area contributed by atoms with Crippen molar-refractivity contribution in [2.75, 3.05) is 25.1 Å². The van der Waals surface area contributed by atoms with E-state index in [0.717, 1.165) is 37.1 Å². The van der Waals surface area contributed by atoms with Gasteiger partial charge in [-0.2, -0.15) is 11.8 Å². The molecule has 5 N–H and O–H groups in total. The fourth-order valence-electron chi connectivity index (χ4n) is 4.46. The summed E-state index contributed by atoms with van der Waals surface area (Å²) in [6.45, 7) is 6.82. The van der Waals surface area contributed by atoms with E-state index in [2.05, 4.69) is 42.6 Å². The lowest BCUT2D eigenvalue weighted by Gasteiger charge is -2.38. The van der Waals surface area contributed by atoms with Crippen molar-refractivity contribution in [2.24, 2.45) is 4.99 Å². The molecule has 0 bridgehead atoms. The van der Waals surface area contributed by atoms with Gasteiger partial charge in [-0.15, -0.1) is 0 Å². The highest BCUT2D eigenvalue weighted by atomic mass is 32.2. The molecular formula is C32H45BN2O10S. The van der Waals surface area contributed by atoms with Gasteiger partial charge in [-0.25, -0.2) is 4.79 Å². The Morgan fingerprint density at radius 1 is 1.04 bits per heavy atom. The average Bonchev–Trinajstić information content (AvgIpc) is 3.01. The number of benzene rings is 1. The summed E-state index contributed by atoms with van der Waals surface area (Å²) >= 11 is 1.81. The lowest BCUT2D eigenvalue weighted by molar-refractivity contribution is -0.271. The highest BCUT2D eigenvalue weighted by molar-refractivity contribution is 7.98. The van der Waals surface area contributed by atoms with Crippen molar-refractivity contribution < 1.29 is 49.0 Å². The van der Waals surface area contributed by atoms with Crippen molar-refractivity contribution >= 4 is 43.1 Å². The summed E-state index contributed by atoms with van der Waals surface area (Å²) in [6.07, 6.45) is 1.85. The maximum Gasteiger partial charge on any atom is 0.335 e. The molecule has 1 aromatic carbocycles. The van der Waals surface area contributed by atoms with Crippen LogP contribution in [0, 0.1) is 0 Å². The zero-order valence-electron chi connectivity index (χ0n) is 26.8. The first-order valence-corrected chi connectivity index (χ1v) is 16.5. The number of hydrogen-bond donors (Lipinski definition) is 5. The van der Waals surface area contributed by atoms with Gasteiger partial charge >= 0.3 is 5.97 Å². The number of nitrogens with zero attached hydrogens (tertiary/aromatic N) is 1. The highest BCUT2D eigenvalue weighted by Gasteiger charge is 2.48. The molecule has 1 amide bonds. The summed E-state index contributed by atoms with van der Waals surface area (Å²) in [4.78, 5) is 40.3. The number of hydrogen-bond acceptors (Lipinski definition) is 11. The summed E-state index contributed by atoms with van der Waals surface area (Å²) in [6, 6.07) is 4.18. The van der Waals surface area contributed by atoms with Crippen LogP contribution in [-0.2, 0) is 20.9 Å². The van der Waals surface area contributed by atoms with Gasteiger partial charge in [0.2, 0.25) is 20.0 Å². The largest absolute Gasteiger partial charge is 0.479 e. The van der Waals surface area contributed by atoms with Crippen LogP contribution in [0.4, 0.5) is 4.79 Å². The van der Waals surface area contributed by atoms with Crippen molar-refractivity contribution in [3.05, 3.63) is 52.6 Å². The number of aliphatic imine (C=N–C) groups is 1. The van der Waals surface area contributed by atoms with Gasteiger partial charge < -0.3 is 40.0 Å². The number of nitrogens with one attached hydrogen (secondary N) is 1. The summed E-state index contributed by atoms with van der Waals surface area (Å²) in [5.74, 6) is -2.23. The molecule has 252 valence electrons. The predicted molar refractivity (Wildman–Crippen MR) is 177 cm³/mol. The molecule has 1 aliphatic heterocycles. The first kappa shape index (κ1) is 39.0. The maximum absolute atomic E-state index is 13.2. The van der Waals surface area contributed by atoms with E-state index in [1.165, 1.54) is 29.3 Å². The van der Waals surface area contributed by atoms with Gasteiger partial charge in [0.05, 0.1) is 5.56 Å². The number of aliphatic hydroxyl groups is 3. The number of rotatable bonds is 18. The minimum atomic E-state index is -1.90. The molecule has 0 spiro atoms. The van der Waals surface area contributed by atoms with Crippen LogP contribution in [0.25, 0.3) is 0 Å². The molecule has 1 heterocycles. The highest BCUT2D eigenvalue weighted by Crippen LogP contribution is 2.28. The molecule has 1 aromatic rings. The molecule has 0 aromatic heterocycles. The molecule has 1 fully saturated rings. The minimum absolute atomic E-state index is 0.0364. The third kappa shape index (κ3) is 13.3. The Morgan fingerprint density at radius 2 is 1.76 bits per heavy atom. The Balaban J connectivity index is 1.97. The number of carboxylic acids is 1. The number of amides is 1. The molecule has 14 heteroatoms. The van der Waals surface area contributed by atoms with Crippen molar-refractivity contribution in [2.45, 2.75) is 90.2 Å². The van der Waals surface area contributed by atoms with E-state index in [-0.39, 0.29) is 24.5 Å². The lowest BCUT2D eigenvalue weighted by Crippen LogP contribution is -2.61. The van der Waals surface area contributed by atoms with Gasteiger partial charge in [0.15, 0.2) is 6.10 Å². The molecule has 0 unspecified atom stereocenters. The first-order valence-electron chi connectivity index (χ1n) is 15.1. The van der Waals surface area contributed by atoms with Crippen LogP contribution in [0.5, 0.6) is 5.75 Å². The zero-order valence-corrected chi connectivity index (χ0v) is 27.6. The third-order valence-corrected chi connectivity index (χ3v) is 7.74. The zero-order chi connectivity index (χ0) is 34.2. The fourth-order valence-corrected chi connectivity index (χ4v) is 4.91. The first-order chi connectivity index (χ1) is 21.8. The molecule has 0 saturated carbocycles. The molecule has 2 rings (SSSR count). The number of thioether (sulfide) groups is 1. The van der Waals surface area contributed by atoms with Crippen LogP contribution in [0.3, 0.4) is 0 Å². The quantitative estimate of drug-likeness (QED) is 0.0675. The molecule has 0 aliphatic carbocycles. The Bertz CT molecular complexity index is 1270. The summed E-state index contributed by atoms with van der Waals surface area (Å²) in [5.41, 5.74) is 4.11. The Hall–Kier alpha value is -3.17. The Kier molecular flexibility index (Phi) is 17.1. The van der Waals surface area contributed by atoms with Crippen molar-refractivity contribution in [1.82, 2.24) is 5.32 Å². The number of carbonyl (C=O) groups excluding carboxylic acids is 2. The van der Waals surface area contributed by atoms with Gasteiger partial charge in [0.25, 0.3) is 5.91 Å². The third-order valence-electron chi connectivity index (χ3n) is 7.24. The number of ether oxygens (including phenoxy) is 3. The number of carbonyl (C=O) groups is 3. The molecule has 1 saturated heterocycles. The van der Waals surface area contributed by atoms with Gasteiger partial charge in [-0.1, -0.05) is 29.4 Å². The Labute approximate surface area is 275 Å². The van der Waals surface area contributed by atoms with E-state index >= 15 is 0 Å². The van der Waals surface area contributed by atoms with Crippen LogP contribution in [0.2, 0.25) is 0 Å². The van der Waals surface area contributed by atoms with Crippen LogP contribution in [0.15, 0.2) is 46.5 Å². The smallest absolute Gasteiger partial charge is 0.335 e. The fraction of sp³-hybridized carbons (Fsp3) is 0.562. The SMILES string of the molecule is [B]C(=O)OCc1ccc(O[C@@H]2O[C@H](C(=O)O)[C@@H](O)[C@H](O)[C@H]2O)c(C(=O)NCCCN=C(C)CC/C(C)=C/CC/C(C)=C/CSC)c1. The van der Waals surface area contributed by atoms with E-state index in [9.17, 15) is 34.8 Å². The summed E-state index contributed by atoms with van der Waals surface area (Å²) in [5, 5.41) is 42.5. The van der Waals surface area contributed by atoms with Crippen LogP contribution >= 0.6 is 11.8 Å². The van der Waals surface area contributed by atoms with E-state index < -0.39 is 48.5 Å². The average molecular weight is 661 g/mol. The van der Waals surface area contributed by atoms with E-state index in [0.29, 0.717) is 18.5 Å². The van der Waals surface area contributed by atoms with Gasteiger partial charge in [0.1, 0.15) is 30.7 Å². The minimum Gasteiger partial charge on any atom is -0.479 e. The summed E-state index contributed by atoms with van der Waals surface area (Å²) in [7, 11) is 5.04. The molecular weight excluding hydrogens is 615 g/mol. The second-order valence-electron chi connectivity index (χ2n) is 11.1. The van der Waals surface area contributed by atoms with Crippen molar-refractivity contribution in [3.63, 3.8) is 0 Å². The topological polar surface area (TPSA) is 184 Å². The molecule has 1 aliphatic rings. The number of carboxylic acid groups (broad SMARTS) is 1. The van der Waals surface area contributed by atoms with Crippen molar-refractivity contribution in [1.29, 1.82) is 0 Å². The van der Waals surface area contributed by atoms with Gasteiger partial charge in [-0.05, 0) is 76.8 Å². The van der Waals surface area contributed by atoms with Crippen LogP contribution in [-0.4, -0.2) is 108 Å². The van der Waals surface area contributed by atoms with Crippen molar-refractivity contribution in [3.8, 4) is 5.75 Å². The lowest BCUT2D eigenvalue weighted by atomic mass is 9.99. The standard InChI is InChI=1S/C32H45BN2O10S/c1-19(7-5-8-20(2)13-16-46-4)9-10-21(3)34-14-6-15-35-29(39)23-17-22(18-43-32(33)42)11-12-24(23)44-31-27(38)25(36)26(37)28(45-31)30(40)41/h7,11-13,17,25-28,31,36-38H,5-6,8-10,14-16,18H2,1-4H3,(H,35,39)(H,40,41)/b19-7+,20-13+,34-21?/t25-,26-,27+,28-,31+/m0/s1. The molecule has 5 atom stereocenters. The normalized spacial score (nSPS) is 22.3. The molecule has 12 nitrogen and oxygen atoms in total. The Morgan fingerprint density at radius 3 is 2.43 bits per heavy atom. The monoisotopic (exact) mass is 660 g/mol. The van der Waals surface area contributed by atoms with E-state index in [4.69, 9.17) is 22.1 Å². The van der Waals surface area contributed by atoms with Gasteiger partial charge in [0, 0.05) is 24.6 Å². The summed E-state index contributed by atoms with van der Waals surface area (Å²) < 4.78 is 15.6. The second-order valence-corrected chi connectivity index (χ2v) is 12.0. The van der Waals surface area contributed by atoms with Crippen LogP contribution < -0.4 is 10.1 Å². The number of aliphatic hydroxyl groups excluding tert-OH is 3. The predicted octanol–water partition coefficient (Wildman–Crippen LogP) is 3.16.